The van der Waals surface area contributed by atoms with Crippen LogP contribution in [0, 0.1) is 5.92 Å². The molecule has 3 N–H and O–H groups in total. The maximum absolute atomic E-state index is 11.6. The van der Waals surface area contributed by atoms with Crippen LogP contribution in [-0.4, -0.2) is 32.4 Å². The highest BCUT2D eigenvalue weighted by Gasteiger charge is 2.33. The van der Waals surface area contributed by atoms with Crippen molar-refractivity contribution in [2.24, 2.45) is 5.92 Å². The molecule has 2 heterocycles. The lowest BCUT2D eigenvalue weighted by Crippen LogP contribution is -2.30. The fraction of sp³-hybridized carbons (Fsp3) is 0.667. The Balaban J connectivity index is 2.28. The van der Waals surface area contributed by atoms with Gasteiger partial charge in [0, 0.05) is 5.92 Å². The zero-order valence-corrected chi connectivity index (χ0v) is 8.91. The SMILES string of the molecule is CC1C[C@@H](CO)O[C@H]1n1cnc(N)nc1=O. The molecule has 1 saturated heterocycles. The van der Waals surface area contributed by atoms with E-state index in [1.165, 1.54) is 10.9 Å². The summed E-state index contributed by atoms with van der Waals surface area (Å²) in [6, 6.07) is 0. The summed E-state index contributed by atoms with van der Waals surface area (Å²) in [4.78, 5) is 18.8. The Labute approximate surface area is 91.9 Å². The average molecular weight is 226 g/mol. The van der Waals surface area contributed by atoms with E-state index in [0.717, 1.165) is 0 Å². The molecule has 1 aliphatic heterocycles. The van der Waals surface area contributed by atoms with E-state index in [-0.39, 0.29) is 24.6 Å². The smallest absolute Gasteiger partial charge is 0.354 e. The number of hydrogen-bond acceptors (Lipinski definition) is 6. The zero-order chi connectivity index (χ0) is 11.7. The van der Waals surface area contributed by atoms with Crippen LogP contribution in [0.4, 0.5) is 5.95 Å². The molecule has 7 heteroatoms. The van der Waals surface area contributed by atoms with Crippen molar-refractivity contribution in [1.82, 2.24) is 14.5 Å². The van der Waals surface area contributed by atoms with Gasteiger partial charge in [0.05, 0.1) is 12.7 Å². The normalized spacial score (nSPS) is 29.5. The Morgan fingerprint density at radius 2 is 2.50 bits per heavy atom. The van der Waals surface area contributed by atoms with Crippen molar-refractivity contribution in [1.29, 1.82) is 0 Å². The van der Waals surface area contributed by atoms with Crippen molar-refractivity contribution in [3.8, 4) is 0 Å². The number of anilines is 1. The monoisotopic (exact) mass is 226 g/mol. The molecule has 3 atom stereocenters. The van der Waals surface area contributed by atoms with Gasteiger partial charge in [0.2, 0.25) is 5.95 Å². The summed E-state index contributed by atoms with van der Waals surface area (Å²) < 4.78 is 6.82. The van der Waals surface area contributed by atoms with Crippen molar-refractivity contribution in [3.63, 3.8) is 0 Å². The van der Waals surface area contributed by atoms with E-state index < -0.39 is 11.9 Å². The van der Waals surface area contributed by atoms with Gasteiger partial charge in [0.1, 0.15) is 12.6 Å². The number of hydrogen-bond donors (Lipinski definition) is 2. The highest BCUT2D eigenvalue weighted by atomic mass is 16.5. The van der Waals surface area contributed by atoms with Gasteiger partial charge < -0.3 is 15.6 Å². The molecule has 0 saturated carbocycles. The molecule has 0 aliphatic carbocycles. The molecule has 1 fully saturated rings. The van der Waals surface area contributed by atoms with Crippen molar-refractivity contribution in [3.05, 3.63) is 16.8 Å². The molecule has 0 amide bonds. The Bertz CT molecular complexity index is 433. The summed E-state index contributed by atoms with van der Waals surface area (Å²) in [5.74, 6) is 0.0766. The average Bonchev–Trinajstić information content (AvgIpc) is 2.60. The minimum Gasteiger partial charge on any atom is -0.394 e. The summed E-state index contributed by atoms with van der Waals surface area (Å²) in [6.45, 7) is 1.90. The molecular formula is C9H14N4O3. The van der Waals surface area contributed by atoms with Crippen LogP contribution in [0.3, 0.4) is 0 Å². The van der Waals surface area contributed by atoms with Crippen LogP contribution < -0.4 is 11.4 Å². The quantitative estimate of drug-likeness (QED) is 0.680. The second-order valence-corrected chi connectivity index (χ2v) is 3.95. The molecule has 88 valence electrons. The topological polar surface area (TPSA) is 103 Å². The summed E-state index contributed by atoms with van der Waals surface area (Å²) in [6.07, 6.45) is 1.37. The molecular weight excluding hydrogens is 212 g/mol. The Morgan fingerprint density at radius 3 is 3.06 bits per heavy atom. The van der Waals surface area contributed by atoms with Gasteiger partial charge in [-0.2, -0.15) is 4.98 Å². The van der Waals surface area contributed by atoms with E-state index in [0.29, 0.717) is 6.42 Å². The molecule has 1 aliphatic rings. The van der Waals surface area contributed by atoms with Gasteiger partial charge in [-0.3, -0.25) is 4.57 Å². The van der Waals surface area contributed by atoms with E-state index in [9.17, 15) is 4.79 Å². The number of rotatable bonds is 2. The number of aliphatic hydroxyl groups excluding tert-OH is 1. The predicted molar refractivity (Wildman–Crippen MR) is 55.5 cm³/mol. The number of aliphatic hydroxyl groups is 1. The molecule has 2 rings (SSSR count). The second-order valence-electron chi connectivity index (χ2n) is 3.95. The molecule has 16 heavy (non-hydrogen) atoms. The largest absolute Gasteiger partial charge is 0.394 e. The lowest BCUT2D eigenvalue weighted by atomic mass is 10.1. The third-order valence-corrected chi connectivity index (χ3v) is 2.68. The van der Waals surface area contributed by atoms with E-state index >= 15 is 0 Å². The standard InChI is InChI=1S/C9H14N4O3/c1-5-2-6(3-14)16-7(5)13-4-11-8(10)12-9(13)15/h4-7,14H,2-3H2,1H3,(H2,10,12,15)/t5?,6-,7+/m0/s1. The maximum Gasteiger partial charge on any atom is 0.354 e. The fourth-order valence-corrected chi connectivity index (χ4v) is 1.91. The van der Waals surface area contributed by atoms with Crippen LogP contribution in [0.2, 0.25) is 0 Å². The van der Waals surface area contributed by atoms with Gasteiger partial charge in [0.15, 0.2) is 0 Å². The number of nitrogens with zero attached hydrogens (tertiary/aromatic N) is 3. The Morgan fingerprint density at radius 1 is 1.75 bits per heavy atom. The fourth-order valence-electron chi connectivity index (χ4n) is 1.91. The molecule has 0 radical (unpaired) electrons. The van der Waals surface area contributed by atoms with Gasteiger partial charge in [-0.1, -0.05) is 6.92 Å². The van der Waals surface area contributed by atoms with Gasteiger partial charge in [0.25, 0.3) is 0 Å². The van der Waals surface area contributed by atoms with Crippen LogP contribution in [0.25, 0.3) is 0 Å². The van der Waals surface area contributed by atoms with Gasteiger partial charge in [-0.25, -0.2) is 9.78 Å². The number of nitrogens with two attached hydrogens (primary N) is 1. The van der Waals surface area contributed by atoms with Crippen molar-refractivity contribution < 1.29 is 9.84 Å². The summed E-state index contributed by atoms with van der Waals surface area (Å²) in [5, 5.41) is 9.00. The first-order valence-electron chi connectivity index (χ1n) is 5.08. The first kappa shape index (κ1) is 11.0. The molecule has 7 nitrogen and oxygen atoms in total. The molecule has 0 bridgehead atoms. The molecule has 1 aromatic heterocycles. The Kier molecular flexibility index (Phi) is 2.88. The predicted octanol–water partition coefficient (Wildman–Crippen LogP) is -0.864. The van der Waals surface area contributed by atoms with E-state index in [4.69, 9.17) is 15.6 Å². The van der Waals surface area contributed by atoms with E-state index in [1.54, 1.807) is 0 Å². The third kappa shape index (κ3) is 1.91. The van der Waals surface area contributed by atoms with Crippen molar-refractivity contribution in [2.75, 3.05) is 12.3 Å². The molecule has 0 aromatic carbocycles. The summed E-state index contributed by atoms with van der Waals surface area (Å²) in [5.41, 5.74) is 4.81. The van der Waals surface area contributed by atoms with Crippen LogP contribution in [0.5, 0.6) is 0 Å². The summed E-state index contributed by atoms with van der Waals surface area (Å²) >= 11 is 0. The molecule has 1 aromatic rings. The number of aromatic nitrogens is 3. The lowest BCUT2D eigenvalue weighted by molar-refractivity contribution is -0.0341. The minimum atomic E-state index is -0.483. The summed E-state index contributed by atoms with van der Waals surface area (Å²) in [7, 11) is 0. The van der Waals surface area contributed by atoms with E-state index in [2.05, 4.69) is 9.97 Å². The second kappa shape index (κ2) is 4.18. The first-order chi connectivity index (χ1) is 7.61. The number of nitrogen functional groups attached to an aromatic ring is 1. The van der Waals surface area contributed by atoms with Crippen molar-refractivity contribution >= 4 is 5.95 Å². The molecule has 1 unspecified atom stereocenters. The van der Waals surface area contributed by atoms with Crippen LogP contribution in [0.15, 0.2) is 11.1 Å². The Hall–Kier alpha value is -1.47. The number of ether oxygens (including phenoxy) is 1. The van der Waals surface area contributed by atoms with Gasteiger partial charge in [-0.15, -0.1) is 0 Å². The van der Waals surface area contributed by atoms with Gasteiger partial charge >= 0.3 is 5.69 Å². The molecule has 0 spiro atoms. The van der Waals surface area contributed by atoms with Gasteiger partial charge in [-0.05, 0) is 6.42 Å². The highest BCUT2D eigenvalue weighted by molar-refractivity contribution is 5.09. The lowest BCUT2D eigenvalue weighted by Gasteiger charge is -2.16. The first-order valence-corrected chi connectivity index (χ1v) is 5.08. The van der Waals surface area contributed by atoms with E-state index in [1.807, 2.05) is 6.92 Å². The van der Waals surface area contributed by atoms with Crippen molar-refractivity contribution in [2.45, 2.75) is 25.7 Å². The van der Waals surface area contributed by atoms with Crippen LogP contribution in [-0.2, 0) is 4.74 Å². The maximum atomic E-state index is 11.6. The third-order valence-electron chi connectivity index (χ3n) is 2.68. The minimum absolute atomic E-state index is 0.0502. The zero-order valence-electron chi connectivity index (χ0n) is 8.91. The van der Waals surface area contributed by atoms with Crippen LogP contribution in [0.1, 0.15) is 19.6 Å². The highest BCUT2D eigenvalue weighted by Crippen LogP contribution is 2.32. The van der Waals surface area contributed by atoms with Crippen LogP contribution >= 0.6 is 0 Å².